The molecule has 2 N–H and O–H groups in total. The Bertz CT molecular complexity index is 606. The van der Waals surface area contributed by atoms with Crippen molar-refractivity contribution < 1.29 is 0 Å². The van der Waals surface area contributed by atoms with Crippen LogP contribution in [0.25, 0.3) is 0 Å². The van der Waals surface area contributed by atoms with Gasteiger partial charge in [-0.1, -0.05) is 60.7 Å². The van der Waals surface area contributed by atoms with Crippen LogP contribution in [-0.4, -0.2) is 22.5 Å². The van der Waals surface area contributed by atoms with E-state index in [9.17, 15) is 0 Å². The molecule has 0 aromatic heterocycles. The van der Waals surface area contributed by atoms with E-state index in [0.29, 0.717) is 6.04 Å². The van der Waals surface area contributed by atoms with Crippen LogP contribution >= 0.6 is 0 Å². The number of nitrogens with two attached hydrogens (primary N) is 1. The molecule has 0 spiro atoms. The van der Waals surface area contributed by atoms with E-state index in [4.69, 9.17) is 5.73 Å². The van der Waals surface area contributed by atoms with Gasteiger partial charge in [0.15, 0.2) is 0 Å². The molecule has 0 saturated carbocycles. The fraction of sp³-hybridized carbons (Fsp3) is 0.429. The van der Waals surface area contributed by atoms with Crippen LogP contribution in [-0.2, 0) is 13.0 Å². The van der Waals surface area contributed by atoms with Gasteiger partial charge in [-0.05, 0) is 44.2 Å². The highest BCUT2D eigenvalue weighted by molar-refractivity contribution is 5.19. The standard InChI is InChI=1S/C21H28N2/c1-21(2)14-13-19(22)20(15-17-9-5-3-6-10-17)23(21)16-18-11-7-4-8-12-18/h3-12,19-20H,13-16,22H2,1-2H3. The molecule has 0 radical (unpaired) electrons. The first-order valence-electron chi connectivity index (χ1n) is 8.66. The van der Waals surface area contributed by atoms with Crippen molar-refractivity contribution in [3.8, 4) is 0 Å². The second-order valence-corrected chi connectivity index (χ2v) is 7.39. The van der Waals surface area contributed by atoms with Gasteiger partial charge in [0, 0.05) is 24.2 Å². The van der Waals surface area contributed by atoms with E-state index in [-0.39, 0.29) is 11.6 Å². The van der Waals surface area contributed by atoms with Crippen molar-refractivity contribution in [1.29, 1.82) is 0 Å². The third-order valence-corrected chi connectivity index (χ3v) is 5.24. The van der Waals surface area contributed by atoms with Gasteiger partial charge >= 0.3 is 0 Å². The predicted octanol–water partition coefficient (Wildman–Crippen LogP) is 4.00. The van der Waals surface area contributed by atoms with Crippen molar-refractivity contribution in [1.82, 2.24) is 4.90 Å². The Morgan fingerprint density at radius 3 is 2.13 bits per heavy atom. The summed E-state index contributed by atoms with van der Waals surface area (Å²) in [5.74, 6) is 0. The first kappa shape index (κ1) is 16.2. The van der Waals surface area contributed by atoms with Gasteiger partial charge in [-0.25, -0.2) is 0 Å². The van der Waals surface area contributed by atoms with Gasteiger partial charge < -0.3 is 5.73 Å². The Hall–Kier alpha value is -1.64. The molecule has 0 aliphatic carbocycles. The summed E-state index contributed by atoms with van der Waals surface area (Å²) >= 11 is 0. The van der Waals surface area contributed by atoms with E-state index >= 15 is 0 Å². The minimum Gasteiger partial charge on any atom is -0.326 e. The Balaban J connectivity index is 1.85. The molecule has 2 unspecified atom stereocenters. The number of hydrogen-bond acceptors (Lipinski definition) is 2. The number of hydrogen-bond donors (Lipinski definition) is 1. The molecule has 2 nitrogen and oxygen atoms in total. The lowest BCUT2D eigenvalue weighted by Gasteiger charge is -2.51. The van der Waals surface area contributed by atoms with Gasteiger partial charge in [0.1, 0.15) is 0 Å². The minimum atomic E-state index is 0.186. The van der Waals surface area contributed by atoms with E-state index in [0.717, 1.165) is 25.8 Å². The Morgan fingerprint density at radius 1 is 0.957 bits per heavy atom. The van der Waals surface area contributed by atoms with Gasteiger partial charge in [-0.15, -0.1) is 0 Å². The van der Waals surface area contributed by atoms with Crippen LogP contribution in [0.4, 0.5) is 0 Å². The van der Waals surface area contributed by atoms with Crippen LogP contribution in [0.1, 0.15) is 37.8 Å². The zero-order valence-electron chi connectivity index (χ0n) is 14.3. The number of likely N-dealkylation sites (tertiary alicyclic amines) is 1. The monoisotopic (exact) mass is 308 g/mol. The zero-order valence-corrected chi connectivity index (χ0v) is 14.3. The van der Waals surface area contributed by atoms with E-state index in [1.54, 1.807) is 0 Å². The molecule has 0 amide bonds. The second kappa shape index (κ2) is 6.86. The minimum absolute atomic E-state index is 0.186. The summed E-state index contributed by atoms with van der Waals surface area (Å²) in [4.78, 5) is 2.63. The molecule has 2 aromatic carbocycles. The summed E-state index contributed by atoms with van der Waals surface area (Å²) < 4.78 is 0. The average Bonchev–Trinajstić information content (AvgIpc) is 2.56. The summed E-state index contributed by atoms with van der Waals surface area (Å²) in [5, 5.41) is 0. The van der Waals surface area contributed by atoms with E-state index < -0.39 is 0 Å². The maximum Gasteiger partial charge on any atom is 0.0296 e. The molecule has 23 heavy (non-hydrogen) atoms. The van der Waals surface area contributed by atoms with Crippen molar-refractivity contribution in [2.75, 3.05) is 0 Å². The van der Waals surface area contributed by atoms with Crippen molar-refractivity contribution in [3.63, 3.8) is 0 Å². The Morgan fingerprint density at radius 2 is 1.52 bits per heavy atom. The van der Waals surface area contributed by atoms with E-state index in [2.05, 4.69) is 79.4 Å². The maximum absolute atomic E-state index is 6.55. The predicted molar refractivity (Wildman–Crippen MR) is 97.2 cm³/mol. The molecule has 0 bridgehead atoms. The van der Waals surface area contributed by atoms with Gasteiger partial charge in [0.05, 0.1) is 0 Å². The molecule has 1 heterocycles. The van der Waals surface area contributed by atoms with Crippen molar-refractivity contribution in [2.45, 2.75) is 57.3 Å². The Kier molecular flexibility index (Phi) is 4.84. The largest absolute Gasteiger partial charge is 0.326 e. The molecule has 1 fully saturated rings. The zero-order chi connectivity index (χ0) is 16.3. The molecular weight excluding hydrogens is 280 g/mol. The topological polar surface area (TPSA) is 29.3 Å². The van der Waals surface area contributed by atoms with Crippen molar-refractivity contribution >= 4 is 0 Å². The van der Waals surface area contributed by atoms with Crippen LogP contribution in [0, 0.1) is 0 Å². The number of nitrogens with zero attached hydrogens (tertiary/aromatic N) is 1. The third-order valence-electron chi connectivity index (χ3n) is 5.24. The molecule has 3 rings (SSSR count). The SMILES string of the molecule is CC1(C)CCC(N)C(Cc2ccccc2)N1Cc1ccccc1. The first-order valence-corrected chi connectivity index (χ1v) is 8.66. The highest BCUT2D eigenvalue weighted by atomic mass is 15.2. The number of piperidine rings is 1. The normalized spacial score (nSPS) is 24.5. The fourth-order valence-electron chi connectivity index (χ4n) is 3.76. The molecular formula is C21H28N2. The van der Waals surface area contributed by atoms with Crippen LogP contribution in [0.15, 0.2) is 60.7 Å². The molecule has 1 saturated heterocycles. The summed E-state index contributed by atoms with van der Waals surface area (Å²) in [6.45, 7) is 5.69. The highest BCUT2D eigenvalue weighted by Gasteiger charge is 2.40. The van der Waals surface area contributed by atoms with Crippen molar-refractivity contribution in [2.24, 2.45) is 5.73 Å². The fourth-order valence-corrected chi connectivity index (χ4v) is 3.76. The molecule has 122 valence electrons. The number of benzene rings is 2. The molecule has 1 aliphatic rings. The lowest BCUT2D eigenvalue weighted by Crippen LogP contribution is -2.61. The maximum atomic E-state index is 6.55. The number of rotatable bonds is 4. The lowest BCUT2D eigenvalue weighted by atomic mass is 9.81. The van der Waals surface area contributed by atoms with E-state index in [1.165, 1.54) is 11.1 Å². The first-order chi connectivity index (χ1) is 11.1. The summed E-state index contributed by atoms with van der Waals surface area (Å²) in [5.41, 5.74) is 9.48. The van der Waals surface area contributed by atoms with Crippen LogP contribution in [0.2, 0.25) is 0 Å². The van der Waals surface area contributed by atoms with Gasteiger partial charge in [-0.2, -0.15) is 0 Å². The van der Waals surface area contributed by atoms with Crippen LogP contribution in [0.3, 0.4) is 0 Å². The van der Waals surface area contributed by atoms with E-state index in [1.807, 2.05) is 0 Å². The van der Waals surface area contributed by atoms with Gasteiger partial charge in [-0.3, -0.25) is 4.90 Å². The smallest absolute Gasteiger partial charge is 0.0296 e. The molecule has 1 aliphatic heterocycles. The van der Waals surface area contributed by atoms with Gasteiger partial charge in [0.25, 0.3) is 0 Å². The van der Waals surface area contributed by atoms with Crippen molar-refractivity contribution in [3.05, 3.63) is 71.8 Å². The molecule has 2 aromatic rings. The summed E-state index contributed by atoms with van der Waals surface area (Å²) in [6.07, 6.45) is 3.29. The van der Waals surface area contributed by atoms with Gasteiger partial charge in [0.2, 0.25) is 0 Å². The van der Waals surface area contributed by atoms with Crippen LogP contribution in [0.5, 0.6) is 0 Å². The lowest BCUT2D eigenvalue weighted by molar-refractivity contribution is 0.00394. The summed E-state index contributed by atoms with van der Waals surface area (Å²) in [7, 11) is 0. The summed E-state index contributed by atoms with van der Waals surface area (Å²) in [6, 6.07) is 22.2. The highest BCUT2D eigenvalue weighted by Crippen LogP contribution is 2.34. The molecule has 2 atom stereocenters. The Labute approximate surface area is 140 Å². The average molecular weight is 308 g/mol. The second-order valence-electron chi connectivity index (χ2n) is 7.39. The quantitative estimate of drug-likeness (QED) is 0.925. The van der Waals surface area contributed by atoms with Crippen LogP contribution < -0.4 is 5.73 Å². The third kappa shape index (κ3) is 3.82. The molecule has 2 heteroatoms.